The zero-order valence-corrected chi connectivity index (χ0v) is 14.4. The molecular weight excluding hydrogens is 334 g/mol. The first-order valence-corrected chi connectivity index (χ1v) is 8.65. The zero-order valence-electron chi connectivity index (χ0n) is 14.4. The van der Waals surface area contributed by atoms with Gasteiger partial charge < -0.3 is 14.6 Å². The minimum Gasteiger partial charge on any atom is -0.480 e. The summed E-state index contributed by atoms with van der Waals surface area (Å²) in [4.78, 5) is 24.2. The van der Waals surface area contributed by atoms with Crippen molar-refractivity contribution in [3.05, 3.63) is 53.8 Å². The molecule has 6 nitrogen and oxygen atoms in total. The van der Waals surface area contributed by atoms with Crippen molar-refractivity contribution in [1.82, 2.24) is 4.90 Å². The molecule has 0 radical (unpaired) electrons. The predicted octanol–water partition coefficient (Wildman–Crippen LogP) is 2.78. The lowest BCUT2D eigenvalue weighted by Crippen LogP contribution is -2.30. The minimum absolute atomic E-state index is 0.186. The molecule has 0 saturated carbocycles. The molecule has 0 bridgehead atoms. The highest BCUT2D eigenvalue weighted by molar-refractivity contribution is 6.12. The molecule has 136 valence electrons. The summed E-state index contributed by atoms with van der Waals surface area (Å²) in [7, 11) is 0. The zero-order chi connectivity index (χ0) is 18.5. The molecule has 2 aromatic rings. The normalized spacial score (nSPS) is 13.8. The number of carbonyl (C=O) groups is 2. The number of nitrogens with zero attached hydrogens (tertiary/aromatic N) is 1. The second kappa shape index (κ2) is 8.01. The number of unbranched alkanes of at least 4 members (excludes halogenated alkanes) is 2. The molecule has 1 aliphatic heterocycles. The summed E-state index contributed by atoms with van der Waals surface area (Å²) in [6.07, 6.45) is 5.39. The molecule has 0 atom stereocenters. The minimum atomic E-state index is -0.263. The van der Waals surface area contributed by atoms with E-state index in [4.69, 9.17) is 4.42 Å². The van der Waals surface area contributed by atoms with Crippen LogP contribution in [0.25, 0.3) is 11.1 Å². The summed E-state index contributed by atoms with van der Waals surface area (Å²) < 4.78 is 5.47. The van der Waals surface area contributed by atoms with Crippen molar-refractivity contribution >= 4 is 11.8 Å². The Morgan fingerprint density at radius 1 is 0.962 bits per heavy atom. The summed E-state index contributed by atoms with van der Waals surface area (Å²) >= 11 is 0. The highest BCUT2D eigenvalue weighted by Gasteiger charge is 2.23. The second-order valence-corrected chi connectivity index (χ2v) is 6.18. The molecule has 1 aliphatic rings. The van der Waals surface area contributed by atoms with Crippen LogP contribution in [0.15, 0.2) is 46.9 Å². The van der Waals surface area contributed by atoms with E-state index in [1.165, 1.54) is 17.1 Å². The molecule has 3 rings (SSSR count). The van der Waals surface area contributed by atoms with Crippen LogP contribution in [-0.4, -0.2) is 33.5 Å². The van der Waals surface area contributed by atoms with Crippen LogP contribution >= 0.6 is 0 Å². The number of hydrogen-bond donors (Lipinski definition) is 2. The maximum absolute atomic E-state index is 11.5. The highest BCUT2D eigenvalue weighted by Crippen LogP contribution is 2.38. The van der Waals surface area contributed by atoms with Gasteiger partial charge in [-0.15, -0.1) is 0 Å². The molecule has 2 heterocycles. The third-order valence-electron chi connectivity index (χ3n) is 4.48. The number of furan rings is 1. The van der Waals surface area contributed by atoms with Crippen LogP contribution < -0.4 is 0 Å². The Morgan fingerprint density at radius 3 is 2.31 bits per heavy atom. The number of benzene rings is 1. The molecular formula is C20H21NO5. The maximum Gasteiger partial charge on any atom is 0.290 e. The lowest BCUT2D eigenvalue weighted by Gasteiger charge is -2.12. The monoisotopic (exact) mass is 355 g/mol. The van der Waals surface area contributed by atoms with E-state index in [0.29, 0.717) is 36.3 Å². The van der Waals surface area contributed by atoms with Gasteiger partial charge in [-0.2, -0.15) is 0 Å². The molecule has 1 aromatic carbocycles. The Morgan fingerprint density at radius 2 is 1.65 bits per heavy atom. The van der Waals surface area contributed by atoms with Crippen molar-refractivity contribution < 1.29 is 24.2 Å². The van der Waals surface area contributed by atoms with Crippen molar-refractivity contribution in [2.45, 2.75) is 32.3 Å². The summed E-state index contributed by atoms with van der Waals surface area (Å²) in [5.74, 6) is -0.143. The molecule has 2 N–H and O–H groups in total. The van der Waals surface area contributed by atoms with E-state index in [1.54, 1.807) is 0 Å². The number of hydrogen-bond acceptors (Lipinski definition) is 5. The van der Waals surface area contributed by atoms with Crippen molar-refractivity contribution in [3.63, 3.8) is 0 Å². The largest absolute Gasteiger partial charge is 0.480 e. The Kier molecular flexibility index (Phi) is 5.53. The van der Waals surface area contributed by atoms with Gasteiger partial charge in [0.1, 0.15) is 5.76 Å². The van der Waals surface area contributed by atoms with Crippen molar-refractivity contribution in [2.75, 3.05) is 6.54 Å². The van der Waals surface area contributed by atoms with Gasteiger partial charge in [0, 0.05) is 30.7 Å². The summed E-state index contributed by atoms with van der Waals surface area (Å²) in [6.45, 7) is 0.183. The van der Waals surface area contributed by atoms with Crippen LogP contribution in [0.5, 0.6) is 5.95 Å². The Labute approximate surface area is 151 Å². The van der Waals surface area contributed by atoms with Crippen LogP contribution in [-0.2, 0) is 22.6 Å². The smallest absolute Gasteiger partial charge is 0.290 e. The molecule has 6 heteroatoms. The van der Waals surface area contributed by atoms with E-state index < -0.39 is 0 Å². The SMILES string of the molecule is O=C1C=CC(=O)N1CCCCCc1oc(O)c(-c2ccccc2)c1CO. The van der Waals surface area contributed by atoms with E-state index >= 15 is 0 Å². The number of rotatable bonds is 8. The number of aromatic hydroxyl groups is 1. The first-order valence-electron chi connectivity index (χ1n) is 8.65. The van der Waals surface area contributed by atoms with Crippen LogP contribution in [0.2, 0.25) is 0 Å². The second-order valence-electron chi connectivity index (χ2n) is 6.18. The average molecular weight is 355 g/mol. The molecule has 26 heavy (non-hydrogen) atoms. The van der Waals surface area contributed by atoms with Gasteiger partial charge in [0.15, 0.2) is 0 Å². The molecule has 0 aliphatic carbocycles. The van der Waals surface area contributed by atoms with E-state index in [-0.39, 0.29) is 24.4 Å². The number of aliphatic hydroxyl groups is 1. The summed E-state index contributed by atoms with van der Waals surface area (Å²) in [6, 6.07) is 9.31. The number of amides is 2. The topological polar surface area (TPSA) is 91.0 Å². The molecule has 1 aromatic heterocycles. The van der Waals surface area contributed by atoms with E-state index in [1.807, 2.05) is 30.3 Å². The number of carbonyl (C=O) groups excluding carboxylic acids is 2. The average Bonchev–Trinajstić information content (AvgIpc) is 3.14. The molecule has 0 saturated heterocycles. The Bertz CT molecular complexity index is 804. The molecule has 0 unspecified atom stereocenters. The third-order valence-corrected chi connectivity index (χ3v) is 4.48. The van der Waals surface area contributed by atoms with Gasteiger partial charge in [-0.3, -0.25) is 14.5 Å². The van der Waals surface area contributed by atoms with Crippen molar-refractivity contribution in [1.29, 1.82) is 0 Å². The highest BCUT2D eigenvalue weighted by atomic mass is 16.5. The molecule has 0 fully saturated rings. The van der Waals surface area contributed by atoms with Crippen molar-refractivity contribution in [2.24, 2.45) is 0 Å². The fourth-order valence-electron chi connectivity index (χ4n) is 3.15. The molecule has 2 amide bonds. The lowest BCUT2D eigenvalue weighted by molar-refractivity contribution is -0.136. The fourth-order valence-corrected chi connectivity index (χ4v) is 3.15. The summed E-state index contributed by atoms with van der Waals surface area (Å²) in [5.41, 5.74) is 1.92. The van der Waals surface area contributed by atoms with Gasteiger partial charge in [0.25, 0.3) is 17.8 Å². The maximum atomic E-state index is 11.5. The van der Waals surface area contributed by atoms with E-state index in [9.17, 15) is 19.8 Å². The van der Waals surface area contributed by atoms with Crippen LogP contribution in [0.3, 0.4) is 0 Å². The van der Waals surface area contributed by atoms with Gasteiger partial charge in [-0.25, -0.2) is 0 Å². The van der Waals surface area contributed by atoms with Gasteiger partial charge >= 0.3 is 0 Å². The lowest BCUT2D eigenvalue weighted by atomic mass is 10.0. The Hall–Kier alpha value is -2.86. The van der Waals surface area contributed by atoms with E-state index in [2.05, 4.69) is 0 Å². The fraction of sp³-hybridized carbons (Fsp3) is 0.300. The van der Waals surface area contributed by atoms with Gasteiger partial charge in [0.2, 0.25) is 0 Å². The Balaban J connectivity index is 1.57. The van der Waals surface area contributed by atoms with Crippen molar-refractivity contribution in [3.8, 4) is 17.1 Å². The van der Waals surface area contributed by atoms with E-state index in [0.717, 1.165) is 18.4 Å². The number of imide groups is 1. The molecule has 0 spiro atoms. The van der Waals surface area contributed by atoms with Crippen LogP contribution in [0.4, 0.5) is 0 Å². The van der Waals surface area contributed by atoms with Gasteiger partial charge in [-0.05, 0) is 18.4 Å². The number of aryl methyl sites for hydroxylation is 1. The van der Waals surface area contributed by atoms with Crippen LogP contribution in [0.1, 0.15) is 30.6 Å². The first-order chi connectivity index (χ1) is 12.6. The summed E-state index contributed by atoms with van der Waals surface area (Å²) in [5, 5.41) is 19.9. The van der Waals surface area contributed by atoms with Gasteiger partial charge in [0.05, 0.1) is 12.2 Å². The third kappa shape index (κ3) is 3.70. The van der Waals surface area contributed by atoms with Crippen LogP contribution in [0, 0.1) is 0 Å². The van der Waals surface area contributed by atoms with Gasteiger partial charge in [-0.1, -0.05) is 36.8 Å². The predicted molar refractivity (Wildman–Crippen MR) is 95.1 cm³/mol. The quantitative estimate of drug-likeness (QED) is 0.561. The number of aliphatic hydroxyl groups excluding tert-OH is 1. The standard InChI is InChI=1S/C20H21NO5/c22-13-15-16(26-20(25)19(15)14-7-3-1-4-8-14)9-5-2-6-12-21-17(23)10-11-18(21)24/h1,3-4,7-8,10-11,22,25H,2,5-6,9,12-13H2. The first kappa shape index (κ1) is 17.9.